The number of rotatable bonds is 5. The fourth-order valence-electron chi connectivity index (χ4n) is 3.54. The first kappa shape index (κ1) is 22.0. The molecule has 1 atom stereocenters. The first-order valence-corrected chi connectivity index (χ1v) is 9.65. The minimum atomic E-state index is -3.26. The number of hydrogen-bond acceptors (Lipinski definition) is 7. The van der Waals surface area contributed by atoms with Gasteiger partial charge in [0.05, 0.1) is 35.5 Å². The predicted octanol–water partition coefficient (Wildman–Crippen LogP) is 0.438. The molecule has 0 amide bonds. The average Bonchev–Trinajstić information content (AvgIpc) is 3.07. The molecule has 4 rings (SSSR count). The number of aromatic amines is 3. The van der Waals surface area contributed by atoms with E-state index in [1.54, 1.807) is 6.07 Å². The van der Waals surface area contributed by atoms with E-state index in [1.807, 2.05) is 4.98 Å². The van der Waals surface area contributed by atoms with E-state index in [9.17, 15) is 27.6 Å². The van der Waals surface area contributed by atoms with Gasteiger partial charge in [-0.2, -0.15) is 10.4 Å². The van der Waals surface area contributed by atoms with E-state index in [0.717, 1.165) is 17.2 Å². The predicted molar refractivity (Wildman–Crippen MR) is 110 cm³/mol. The van der Waals surface area contributed by atoms with Crippen LogP contribution in [0.15, 0.2) is 44.8 Å². The Balaban J connectivity index is 1.56. The molecule has 0 aliphatic carbocycles. The molecule has 1 saturated heterocycles. The van der Waals surface area contributed by atoms with Crippen LogP contribution in [0.4, 0.5) is 18.9 Å². The number of alkyl halides is 2. The van der Waals surface area contributed by atoms with Crippen molar-refractivity contribution in [1.29, 1.82) is 5.26 Å². The third kappa shape index (κ3) is 4.41. The first-order chi connectivity index (χ1) is 15.7. The van der Waals surface area contributed by atoms with Crippen molar-refractivity contribution in [2.45, 2.75) is 18.5 Å². The van der Waals surface area contributed by atoms with Crippen LogP contribution in [0.1, 0.15) is 11.1 Å². The Morgan fingerprint density at radius 1 is 1.24 bits per heavy atom. The second-order valence-corrected chi connectivity index (χ2v) is 7.45. The Bertz CT molecular complexity index is 1420. The molecule has 4 N–H and O–H groups in total. The quantitative estimate of drug-likeness (QED) is 0.432. The number of anilines is 1. The van der Waals surface area contributed by atoms with Crippen molar-refractivity contribution in [2.75, 3.05) is 18.0 Å². The summed E-state index contributed by atoms with van der Waals surface area (Å²) in [5.74, 6) is -3.95. The number of benzene rings is 1. The maximum absolute atomic E-state index is 14.7. The number of aromatic nitrogens is 4. The van der Waals surface area contributed by atoms with Gasteiger partial charge in [0.25, 0.3) is 17.0 Å². The Morgan fingerprint density at radius 3 is 2.73 bits per heavy atom. The molecular weight excluding hydrogens is 443 g/mol. The van der Waals surface area contributed by atoms with Gasteiger partial charge in [0.2, 0.25) is 0 Å². The van der Waals surface area contributed by atoms with E-state index in [2.05, 4.69) is 20.5 Å². The zero-order valence-electron chi connectivity index (χ0n) is 16.8. The van der Waals surface area contributed by atoms with Crippen molar-refractivity contribution in [2.24, 2.45) is 0 Å². The number of halogens is 3. The van der Waals surface area contributed by atoms with Gasteiger partial charge < -0.3 is 15.2 Å². The summed E-state index contributed by atoms with van der Waals surface area (Å²) in [6, 6.07) is 5.32. The van der Waals surface area contributed by atoms with Crippen molar-refractivity contribution in [3.05, 3.63) is 78.6 Å². The van der Waals surface area contributed by atoms with Gasteiger partial charge in [-0.05, 0) is 18.2 Å². The molecule has 0 saturated carbocycles. The van der Waals surface area contributed by atoms with Crippen LogP contribution in [0, 0.1) is 17.1 Å². The van der Waals surface area contributed by atoms with E-state index in [4.69, 9.17) is 5.26 Å². The second kappa shape index (κ2) is 8.40. The van der Waals surface area contributed by atoms with Gasteiger partial charge in [0, 0.05) is 24.8 Å². The van der Waals surface area contributed by atoms with Gasteiger partial charge in [-0.3, -0.25) is 14.6 Å². The van der Waals surface area contributed by atoms with Crippen molar-refractivity contribution >= 4 is 5.69 Å². The summed E-state index contributed by atoms with van der Waals surface area (Å²) in [4.78, 5) is 40.9. The minimum Gasteiger partial charge on any atom is -0.359 e. The lowest BCUT2D eigenvalue weighted by molar-refractivity contribution is -0.00258. The van der Waals surface area contributed by atoms with Crippen molar-refractivity contribution < 1.29 is 13.2 Å². The lowest BCUT2D eigenvalue weighted by Gasteiger charge is -2.19. The van der Waals surface area contributed by atoms with Crippen LogP contribution < -0.4 is 27.0 Å². The molecule has 1 aliphatic rings. The standard InChI is InChI=1S/C20H16F3N7O3/c21-13-3-10(5-24)1-2-11(13)6-25-16-8-30(9-20(16,22)23)15-4-14(28-29-18(15)32)12-7-26-19(33)27-17(12)31/h1-4,7,16,25H,6,8-9H2,(H,29,32)(H2,26,27,31,33). The van der Waals surface area contributed by atoms with Gasteiger partial charge in [0.1, 0.15) is 11.5 Å². The van der Waals surface area contributed by atoms with E-state index >= 15 is 0 Å². The number of nitrogens with zero attached hydrogens (tertiary/aromatic N) is 3. The highest BCUT2D eigenvalue weighted by molar-refractivity contribution is 5.62. The largest absolute Gasteiger partial charge is 0.359 e. The van der Waals surface area contributed by atoms with Gasteiger partial charge >= 0.3 is 5.69 Å². The molecule has 0 spiro atoms. The average molecular weight is 459 g/mol. The van der Waals surface area contributed by atoms with Crippen LogP contribution in [0.3, 0.4) is 0 Å². The van der Waals surface area contributed by atoms with Crippen LogP contribution in [-0.2, 0) is 6.54 Å². The SMILES string of the molecule is N#Cc1ccc(CNC2CN(c3cc(-c4c[nH]c(=O)[nH]c4=O)n[nH]c3=O)CC2(F)F)c(F)c1. The maximum atomic E-state index is 14.7. The number of hydrogen-bond donors (Lipinski definition) is 4. The van der Waals surface area contributed by atoms with Crippen molar-refractivity contribution in [1.82, 2.24) is 25.5 Å². The Kier molecular flexibility index (Phi) is 5.60. The molecule has 1 aliphatic heterocycles. The van der Waals surface area contributed by atoms with Gasteiger partial charge in [-0.15, -0.1) is 0 Å². The highest BCUT2D eigenvalue weighted by atomic mass is 19.3. The zero-order valence-corrected chi connectivity index (χ0v) is 16.8. The number of nitrogens with one attached hydrogen (secondary N) is 4. The van der Waals surface area contributed by atoms with Crippen molar-refractivity contribution in [3.8, 4) is 17.3 Å². The van der Waals surface area contributed by atoms with Gasteiger partial charge in [0.15, 0.2) is 0 Å². The van der Waals surface area contributed by atoms with Crippen LogP contribution in [-0.4, -0.2) is 45.2 Å². The van der Waals surface area contributed by atoms with Crippen molar-refractivity contribution in [3.63, 3.8) is 0 Å². The molecular formula is C20H16F3N7O3. The van der Waals surface area contributed by atoms with E-state index < -0.39 is 41.1 Å². The summed E-state index contributed by atoms with van der Waals surface area (Å²) in [5.41, 5.74) is -2.24. The topological polar surface area (TPSA) is 151 Å². The molecule has 3 heterocycles. The summed E-state index contributed by atoms with van der Waals surface area (Å²) in [6.07, 6.45) is 1.10. The molecule has 13 heteroatoms. The number of H-pyrrole nitrogens is 3. The first-order valence-electron chi connectivity index (χ1n) is 9.65. The number of nitriles is 1. The van der Waals surface area contributed by atoms with Crippen LogP contribution in [0.25, 0.3) is 11.3 Å². The Labute approximate surface area is 182 Å². The normalized spacial score (nSPS) is 17.2. The van der Waals surface area contributed by atoms with E-state index in [1.165, 1.54) is 18.2 Å². The highest BCUT2D eigenvalue weighted by Gasteiger charge is 2.48. The monoisotopic (exact) mass is 459 g/mol. The highest BCUT2D eigenvalue weighted by Crippen LogP contribution is 2.31. The van der Waals surface area contributed by atoms with Gasteiger partial charge in [-0.1, -0.05) is 6.07 Å². The summed E-state index contributed by atoms with van der Waals surface area (Å²) >= 11 is 0. The molecule has 0 radical (unpaired) electrons. The fourth-order valence-corrected chi connectivity index (χ4v) is 3.54. The van der Waals surface area contributed by atoms with E-state index in [-0.39, 0.29) is 41.2 Å². The lowest BCUT2D eigenvalue weighted by atomic mass is 10.1. The molecule has 0 bridgehead atoms. The molecule has 3 aromatic rings. The molecule has 170 valence electrons. The van der Waals surface area contributed by atoms with Crippen LogP contribution in [0.5, 0.6) is 0 Å². The summed E-state index contributed by atoms with van der Waals surface area (Å²) in [6.45, 7) is -1.29. The molecule has 1 unspecified atom stereocenters. The Morgan fingerprint density at radius 2 is 2.03 bits per heavy atom. The zero-order chi connectivity index (χ0) is 23.8. The fraction of sp³-hybridized carbons (Fsp3) is 0.250. The van der Waals surface area contributed by atoms with E-state index in [0.29, 0.717) is 0 Å². The smallest absolute Gasteiger partial charge is 0.325 e. The summed E-state index contributed by atoms with van der Waals surface area (Å²) < 4.78 is 43.4. The third-order valence-corrected chi connectivity index (χ3v) is 5.26. The summed E-state index contributed by atoms with van der Waals surface area (Å²) in [5, 5.41) is 17.3. The Hall–Kier alpha value is -4.18. The van der Waals surface area contributed by atoms with Gasteiger partial charge in [-0.25, -0.2) is 23.1 Å². The van der Waals surface area contributed by atoms with Crippen LogP contribution in [0.2, 0.25) is 0 Å². The molecule has 10 nitrogen and oxygen atoms in total. The lowest BCUT2D eigenvalue weighted by Crippen LogP contribution is -2.43. The molecule has 2 aromatic heterocycles. The van der Waals surface area contributed by atoms with Crippen LogP contribution >= 0.6 is 0 Å². The molecule has 1 aromatic carbocycles. The molecule has 1 fully saturated rings. The summed E-state index contributed by atoms with van der Waals surface area (Å²) in [7, 11) is 0. The third-order valence-electron chi connectivity index (χ3n) is 5.26. The molecule has 33 heavy (non-hydrogen) atoms. The maximum Gasteiger partial charge on any atom is 0.325 e. The minimum absolute atomic E-state index is 0.0264. The second-order valence-electron chi connectivity index (χ2n) is 7.45.